The summed E-state index contributed by atoms with van der Waals surface area (Å²) in [4.78, 5) is 44.7. The van der Waals surface area contributed by atoms with Crippen LogP contribution in [0.3, 0.4) is 0 Å². The van der Waals surface area contributed by atoms with Crippen LogP contribution in [-0.2, 0) is 27.8 Å². The second kappa shape index (κ2) is 16.9. The van der Waals surface area contributed by atoms with Crippen molar-refractivity contribution in [1.29, 1.82) is 0 Å². The van der Waals surface area contributed by atoms with Crippen LogP contribution in [0.2, 0.25) is 0 Å². The second-order valence-corrected chi connectivity index (χ2v) is 15.1. The van der Waals surface area contributed by atoms with E-state index in [1.807, 2.05) is 64.1 Å². The van der Waals surface area contributed by atoms with Gasteiger partial charge in [-0.25, -0.2) is 13.2 Å². The number of carbonyl (C=O) groups is 3. The van der Waals surface area contributed by atoms with E-state index in [0.717, 1.165) is 11.1 Å². The largest absolute Gasteiger partial charge is 0.390 e. The van der Waals surface area contributed by atoms with Crippen molar-refractivity contribution in [3.63, 3.8) is 0 Å². The molecule has 1 saturated heterocycles. The van der Waals surface area contributed by atoms with Gasteiger partial charge in [0.25, 0.3) is 0 Å². The molecular weight excluding hydrogens is 644 g/mol. The van der Waals surface area contributed by atoms with Crippen LogP contribution in [0.1, 0.15) is 55.6 Å². The molecule has 0 spiro atoms. The molecule has 0 radical (unpaired) electrons. The number of aliphatic hydroxyl groups is 1. The van der Waals surface area contributed by atoms with E-state index >= 15 is 0 Å². The number of aromatic nitrogens is 1. The van der Waals surface area contributed by atoms with Crippen LogP contribution in [0.4, 0.5) is 4.79 Å². The van der Waals surface area contributed by atoms with Crippen molar-refractivity contribution in [3.8, 4) is 0 Å². The number of benzene rings is 2. The molecule has 264 valence electrons. The number of hydrogen-bond acceptors (Lipinski definition) is 7. The van der Waals surface area contributed by atoms with Crippen LogP contribution >= 0.6 is 0 Å². The minimum Gasteiger partial charge on any atom is -0.390 e. The van der Waals surface area contributed by atoms with E-state index in [1.165, 1.54) is 28.6 Å². The summed E-state index contributed by atoms with van der Waals surface area (Å²) in [5.74, 6) is -1.82. The van der Waals surface area contributed by atoms with Gasteiger partial charge in [-0.2, -0.15) is 4.31 Å². The summed E-state index contributed by atoms with van der Waals surface area (Å²) in [7, 11) is -4.11. The van der Waals surface area contributed by atoms with Gasteiger partial charge in [0, 0.05) is 44.1 Å². The molecule has 4 rings (SSSR count). The van der Waals surface area contributed by atoms with Gasteiger partial charge in [-0.3, -0.25) is 14.6 Å². The number of rotatable bonds is 17. The van der Waals surface area contributed by atoms with Crippen LogP contribution < -0.4 is 16.4 Å². The van der Waals surface area contributed by atoms with Gasteiger partial charge in [0.15, 0.2) is 0 Å². The van der Waals surface area contributed by atoms with Crippen molar-refractivity contribution in [1.82, 2.24) is 24.8 Å². The third kappa shape index (κ3) is 9.64. The Hall–Kier alpha value is -4.33. The molecule has 1 aliphatic rings. The maximum Gasteiger partial charge on any atom is 0.318 e. The number of pyridine rings is 1. The average Bonchev–Trinajstić information content (AvgIpc) is 3.43. The molecule has 12 nitrogen and oxygen atoms in total. The molecular formula is C36H48N6O6S. The van der Waals surface area contributed by atoms with Crippen molar-refractivity contribution in [2.45, 2.75) is 70.2 Å². The highest BCUT2D eigenvalue weighted by atomic mass is 32.2. The molecule has 5 N–H and O–H groups in total. The van der Waals surface area contributed by atoms with Crippen molar-refractivity contribution < 1.29 is 27.9 Å². The van der Waals surface area contributed by atoms with E-state index in [-0.39, 0.29) is 66.8 Å². The van der Waals surface area contributed by atoms with E-state index < -0.39 is 40.0 Å². The lowest BCUT2D eigenvalue weighted by Crippen LogP contribution is -2.55. The lowest BCUT2D eigenvalue weighted by Gasteiger charge is -2.36. The van der Waals surface area contributed by atoms with E-state index in [1.54, 1.807) is 23.4 Å². The maximum atomic E-state index is 14.3. The Morgan fingerprint density at radius 2 is 1.71 bits per heavy atom. The third-order valence-corrected chi connectivity index (χ3v) is 10.8. The number of primary amides is 1. The predicted octanol–water partition coefficient (Wildman–Crippen LogP) is 3.17. The first-order valence-corrected chi connectivity index (χ1v) is 18.1. The summed E-state index contributed by atoms with van der Waals surface area (Å²) in [6.07, 6.45) is 2.97. The van der Waals surface area contributed by atoms with E-state index in [2.05, 4.69) is 15.6 Å². The molecule has 1 aromatic heterocycles. The van der Waals surface area contributed by atoms with Crippen LogP contribution in [0.15, 0.2) is 84.0 Å². The summed E-state index contributed by atoms with van der Waals surface area (Å²) >= 11 is 0. The van der Waals surface area contributed by atoms with E-state index in [9.17, 15) is 27.9 Å². The van der Waals surface area contributed by atoms with Crippen molar-refractivity contribution in [3.05, 3.63) is 95.8 Å². The zero-order valence-corrected chi connectivity index (χ0v) is 29.3. The van der Waals surface area contributed by atoms with Crippen LogP contribution in [0, 0.1) is 17.8 Å². The number of carbonyl (C=O) groups excluding carboxylic acids is 3. The molecule has 0 bridgehead atoms. The Balaban J connectivity index is 1.63. The number of urea groups is 1. The fourth-order valence-electron chi connectivity index (χ4n) is 6.20. The summed E-state index contributed by atoms with van der Waals surface area (Å²) in [5, 5.41) is 17.8. The summed E-state index contributed by atoms with van der Waals surface area (Å²) < 4.78 is 29.0. The van der Waals surface area contributed by atoms with Crippen LogP contribution in [-0.4, -0.2) is 83.4 Å². The zero-order valence-electron chi connectivity index (χ0n) is 28.5. The molecule has 5 atom stereocenters. The highest BCUT2D eigenvalue weighted by Gasteiger charge is 2.43. The standard InChI is InChI=1S/C36H48N6O6S/c1-5-25(4)33(31-20-39-36(46)42(31)22-27-12-9-17-38-19-27)35(45)40-30(18-26-10-7-6-8-11-26)32(43)23-41(21-24(2)3)49(47,48)29-15-13-28(14-16-29)34(37)44/h6-17,19,24-25,30-33,43H,5,18,20-23H2,1-4H3,(H2,37,44)(H,39,46)(H,40,45)/t25-,30-,31?,32+,33-/m0/s1. The van der Waals surface area contributed by atoms with Gasteiger partial charge in [-0.15, -0.1) is 0 Å². The lowest BCUT2D eigenvalue weighted by molar-refractivity contribution is -0.130. The molecule has 2 aromatic carbocycles. The minimum atomic E-state index is -4.11. The molecule has 1 aliphatic heterocycles. The monoisotopic (exact) mass is 692 g/mol. The fraction of sp³-hybridized carbons (Fsp3) is 0.444. The maximum absolute atomic E-state index is 14.3. The first-order chi connectivity index (χ1) is 23.3. The molecule has 0 aliphatic carbocycles. The molecule has 13 heteroatoms. The Bertz CT molecular complexity index is 1660. The first-order valence-electron chi connectivity index (χ1n) is 16.7. The van der Waals surface area contributed by atoms with Crippen molar-refractivity contribution in [2.24, 2.45) is 23.5 Å². The van der Waals surface area contributed by atoms with Gasteiger partial charge < -0.3 is 26.4 Å². The Labute approximate surface area is 289 Å². The summed E-state index contributed by atoms with van der Waals surface area (Å²) in [5.41, 5.74) is 7.21. The molecule has 49 heavy (non-hydrogen) atoms. The van der Waals surface area contributed by atoms with Gasteiger partial charge >= 0.3 is 6.03 Å². The van der Waals surface area contributed by atoms with Gasteiger partial charge in [0.2, 0.25) is 21.8 Å². The summed E-state index contributed by atoms with van der Waals surface area (Å²) in [6, 6.07) is 16.8. The topological polar surface area (TPSA) is 175 Å². The first kappa shape index (κ1) is 37.5. The molecule has 2 heterocycles. The summed E-state index contributed by atoms with van der Waals surface area (Å²) in [6.45, 7) is 8.09. The minimum absolute atomic E-state index is 0.0436. The molecule has 3 aromatic rings. The van der Waals surface area contributed by atoms with Gasteiger partial charge in [-0.05, 0) is 59.7 Å². The zero-order chi connectivity index (χ0) is 35.7. The fourth-order valence-corrected chi connectivity index (χ4v) is 7.82. The van der Waals surface area contributed by atoms with Crippen molar-refractivity contribution in [2.75, 3.05) is 19.6 Å². The molecule has 0 saturated carbocycles. The second-order valence-electron chi connectivity index (χ2n) is 13.1. The van der Waals surface area contributed by atoms with Gasteiger partial charge in [0.05, 0.1) is 29.0 Å². The van der Waals surface area contributed by atoms with Crippen LogP contribution in [0.25, 0.3) is 0 Å². The van der Waals surface area contributed by atoms with E-state index in [4.69, 9.17) is 5.73 Å². The predicted molar refractivity (Wildman–Crippen MR) is 187 cm³/mol. The Morgan fingerprint density at radius 1 is 1.04 bits per heavy atom. The third-order valence-electron chi connectivity index (χ3n) is 9.00. The highest BCUT2D eigenvalue weighted by molar-refractivity contribution is 7.89. The number of nitrogens with one attached hydrogen (secondary N) is 2. The number of aliphatic hydroxyl groups excluding tert-OH is 1. The lowest BCUT2D eigenvalue weighted by atomic mass is 9.83. The smallest absolute Gasteiger partial charge is 0.318 e. The van der Waals surface area contributed by atoms with Crippen molar-refractivity contribution >= 4 is 27.9 Å². The quantitative estimate of drug-likeness (QED) is 0.168. The average molecular weight is 693 g/mol. The normalized spacial score (nSPS) is 17.4. The number of amides is 4. The van der Waals surface area contributed by atoms with E-state index in [0.29, 0.717) is 6.42 Å². The SMILES string of the molecule is CC[C@H](C)[C@H](C(=O)N[C@@H](Cc1ccccc1)[C@H](O)CN(CC(C)C)S(=O)(=O)c1ccc(C(N)=O)cc1)C1CNC(=O)N1Cc1cccnc1. The van der Waals surface area contributed by atoms with Crippen LogP contribution in [0.5, 0.6) is 0 Å². The Morgan fingerprint density at radius 3 is 2.31 bits per heavy atom. The highest BCUT2D eigenvalue weighted by Crippen LogP contribution is 2.28. The molecule has 4 amide bonds. The van der Waals surface area contributed by atoms with Gasteiger partial charge in [0.1, 0.15) is 0 Å². The number of hydrogen-bond donors (Lipinski definition) is 4. The Kier molecular flexibility index (Phi) is 12.9. The molecule has 1 unspecified atom stereocenters. The number of nitrogens with zero attached hydrogens (tertiary/aromatic N) is 3. The number of nitrogens with two attached hydrogens (primary N) is 1. The molecule has 1 fully saturated rings. The number of sulfonamides is 1. The van der Waals surface area contributed by atoms with Gasteiger partial charge in [-0.1, -0.05) is 70.5 Å².